The molecule has 3 rings (SSSR count). The maximum Gasteiger partial charge on any atom is 0.0436 e. The number of rotatable bonds is 2. The lowest BCUT2D eigenvalue weighted by molar-refractivity contribution is 0.107. The van der Waals surface area contributed by atoms with Gasteiger partial charge in [0.15, 0.2) is 0 Å². The molecule has 0 aromatic rings. The van der Waals surface area contributed by atoms with Crippen LogP contribution in [0.4, 0.5) is 0 Å². The minimum Gasteiger partial charge on any atom is -0.396 e. The Kier molecular flexibility index (Phi) is 2.81. The molecule has 19 heavy (non-hydrogen) atoms. The molecule has 0 aromatic carbocycles. The van der Waals surface area contributed by atoms with Gasteiger partial charge in [-0.05, 0) is 53.8 Å². The van der Waals surface area contributed by atoms with Crippen LogP contribution in [0, 0.1) is 34.5 Å². The molecule has 106 valence electrons. The average Bonchev–Trinajstić information content (AvgIpc) is 2.92. The van der Waals surface area contributed by atoms with Crippen molar-refractivity contribution in [2.75, 3.05) is 6.61 Å². The van der Waals surface area contributed by atoms with Crippen LogP contribution in [-0.2, 0) is 0 Å². The summed E-state index contributed by atoms with van der Waals surface area (Å²) < 4.78 is 0. The number of fused-ring (bicyclic) bond motifs is 3. The molecule has 0 aromatic heterocycles. The molecule has 0 aliphatic heterocycles. The van der Waals surface area contributed by atoms with Crippen molar-refractivity contribution in [1.82, 2.24) is 0 Å². The van der Waals surface area contributed by atoms with E-state index in [9.17, 15) is 5.11 Å². The fourth-order valence-electron chi connectivity index (χ4n) is 5.58. The summed E-state index contributed by atoms with van der Waals surface area (Å²) in [7, 11) is 0. The molecular formula is C18H28O. The number of aliphatic hydroxyl groups excluding tert-OH is 1. The lowest BCUT2D eigenvalue weighted by Gasteiger charge is -2.49. The first kappa shape index (κ1) is 13.4. The van der Waals surface area contributed by atoms with Crippen molar-refractivity contribution in [1.29, 1.82) is 0 Å². The van der Waals surface area contributed by atoms with Gasteiger partial charge < -0.3 is 5.11 Å². The van der Waals surface area contributed by atoms with Gasteiger partial charge in [0.05, 0.1) is 0 Å². The van der Waals surface area contributed by atoms with E-state index >= 15 is 0 Å². The van der Waals surface area contributed by atoms with Gasteiger partial charge in [0.2, 0.25) is 0 Å². The first-order chi connectivity index (χ1) is 8.85. The summed E-state index contributed by atoms with van der Waals surface area (Å²) in [5.41, 5.74) is 3.71. The first-order valence-electron chi connectivity index (χ1n) is 7.86. The Bertz CT molecular complexity index is 445. The molecule has 0 radical (unpaired) electrons. The molecule has 3 aliphatic carbocycles. The van der Waals surface area contributed by atoms with E-state index in [0.29, 0.717) is 29.3 Å². The molecule has 0 unspecified atom stereocenters. The molecule has 5 atom stereocenters. The molecule has 1 nitrogen and oxygen atoms in total. The van der Waals surface area contributed by atoms with Crippen molar-refractivity contribution in [3.05, 3.63) is 23.8 Å². The Hall–Kier alpha value is -0.560. The SMILES string of the molecule is C=C1C=C2[C@@H](CCO)CC[C@H](C)[C@@]2(C)[C@H]2[C@@H]1C2(C)C. The van der Waals surface area contributed by atoms with Crippen LogP contribution >= 0.6 is 0 Å². The Morgan fingerprint density at radius 2 is 2.00 bits per heavy atom. The van der Waals surface area contributed by atoms with Gasteiger partial charge in [-0.3, -0.25) is 0 Å². The van der Waals surface area contributed by atoms with Gasteiger partial charge in [0.25, 0.3) is 0 Å². The summed E-state index contributed by atoms with van der Waals surface area (Å²) in [6.45, 7) is 14.4. The van der Waals surface area contributed by atoms with Gasteiger partial charge in [0.1, 0.15) is 0 Å². The maximum absolute atomic E-state index is 9.35. The highest BCUT2D eigenvalue weighted by Crippen LogP contribution is 2.76. The number of aliphatic hydroxyl groups is 1. The van der Waals surface area contributed by atoms with E-state index in [2.05, 4.69) is 40.3 Å². The Morgan fingerprint density at radius 3 is 2.63 bits per heavy atom. The van der Waals surface area contributed by atoms with Gasteiger partial charge in [-0.1, -0.05) is 51.5 Å². The third-order valence-corrected chi connectivity index (χ3v) is 6.73. The van der Waals surface area contributed by atoms with Crippen LogP contribution in [0.1, 0.15) is 47.0 Å². The first-order valence-corrected chi connectivity index (χ1v) is 7.86. The molecule has 0 amide bonds. The van der Waals surface area contributed by atoms with E-state index in [1.54, 1.807) is 5.57 Å². The van der Waals surface area contributed by atoms with Crippen LogP contribution < -0.4 is 0 Å². The molecule has 0 heterocycles. The zero-order valence-electron chi connectivity index (χ0n) is 12.9. The molecule has 0 spiro atoms. The minimum absolute atomic E-state index is 0.316. The molecule has 0 saturated heterocycles. The van der Waals surface area contributed by atoms with E-state index in [1.807, 2.05) is 0 Å². The predicted molar refractivity (Wildman–Crippen MR) is 79.7 cm³/mol. The highest BCUT2D eigenvalue weighted by molar-refractivity contribution is 5.45. The van der Waals surface area contributed by atoms with Gasteiger partial charge in [-0.2, -0.15) is 0 Å². The molecule has 0 bridgehead atoms. The lowest BCUT2D eigenvalue weighted by Crippen LogP contribution is -2.41. The normalized spacial score (nSPS) is 47.2. The van der Waals surface area contributed by atoms with Gasteiger partial charge in [0, 0.05) is 6.61 Å². The molecule has 1 N–H and O–H groups in total. The van der Waals surface area contributed by atoms with Crippen molar-refractivity contribution in [3.63, 3.8) is 0 Å². The predicted octanol–water partition coefficient (Wildman–Crippen LogP) is 4.19. The highest BCUT2D eigenvalue weighted by Gasteiger charge is 2.69. The minimum atomic E-state index is 0.316. The summed E-state index contributed by atoms with van der Waals surface area (Å²) in [6.07, 6.45) is 5.89. The van der Waals surface area contributed by atoms with Gasteiger partial charge in [-0.15, -0.1) is 0 Å². The Morgan fingerprint density at radius 1 is 1.32 bits per heavy atom. The molecule has 2 fully saturated rings. The fourth-order valence-corrected chi connectivity index (χ4v) is 5.58. The fraction of sp³-hybridized carbons (Fsp3) is 0.778. The van der Waals surface area contributed by atoms with E-state index in [1.165, 1.54) is 18.4 Å². The van der Waals surface area contributed by atoms with E-state index in [0.717, 1.165) is 18.3 Å². The Balaban J connectivity index is 2.04. The number of allylic oxidation sites excluding steroid dienone is 3. The highest BCUT2D eigenvalue weighted by atomic mass is 16.3. The zero-order chi connectivity index (χ0) is 14.0. The van der Waals surface area contributed by atoms with Crippen molar-refractivity contribution in [3.8, 4) is 0 Å². The standard InChI is InChI=1S/C18H28O/c1-11-10-14-13(8-9-19)7-6-12(2)18(14,5)16-15(11)17(16,3)4/h10,12-13,15-16,19H,1,6-9H2,2-5H3/t12-,13+,15+,16-,18+/m0/s1. The third-order valence-electron chi connectivity index (χ3n) is 6.73. The van der Waals surface area contributed by atoms with E-state index in [-0.39, 0.29) is 0 Å². The topological polar surface area (TPSA) is 20.2 Å². The number of hydrogen-bond donors (Lipinski definition) is 1. The van der Waals surface area contributed by atoms with Crippen LogP contribution in [0.15, 0.2) is 23.8 Å². The summed E-state index contributed by atoms with van der Waals surface area (Å²) in [5.74, 6) is 2.80. The second-order valence-electron chi connectivity index (χ2n) is 7.92. The van der Waals surface area contributed by atoms with Gasteiger partial charge in [-0.25, -0.2) is 0 Å². The van der Waals surface area contributed by atoms with Crippen LogP contribution in [0.25, 0.3) is 0 Å². The molecular weight excluding hydrogens is 232 g/mol. The maximum atomic E-state index is 9.35. The molecule has 3 aliphatic rings. The largest absolute Gasteiger partial charge is 0.396 e. The van der Waals surface area contributed by atoms with E-state index in [4.69, 9.17) is 0 Å². The van der Waals surface area contributed by atoms with Crippen molar-refractivity contribution >= 4 is 0 Å². The third kappa shape index (κ3) is 1.57. The summed E-state index contributed by atoms with van der Waals surface area (Å²) in [6, 6.07) is 0. The smallest absolute Gasteiger partial charge is 0.0436 e. The van der Waals surface area contributed by atoms with Crippen molar-refractivity contribution in [2.24, 2.45) is 34.5 Å². The van der Waals surface area contributed by atoms with Crippen LogP contribution in [0.5, 0.6) is 0 Å². The molecule has 2 saturated carbocycles. The summed E-state index contributed by atoms with van der Waals surface area (Å²) in [4.78, 5) is 0. The van der Waals surface area contributed by atoms with Crippen LogP contribution in [-0.4, -0.2) is 11.7 Å². The van der Waals surface area contributed by atoms with E-state index < -0.39 is 0 Å². The summed E-state index contributed by atoms with van der Waals surface area (Å²) in [5, 5.41) is 9.35. The number of hydrogen-bond acceptors (Lipinski definition) is 1. The average molecular weight is 260 g/mol. The second-order valence-corrected chi connectivity index (χ2v) is 7.92. The van der Waals surface area contributed by atoms with Crippen molar-refractivity contribution < 1.29 is 5.11 Å². The summed E-state index contributed by atoms with van der Waals surface area (Å²) >= 11 is 0. The quantitative estimate of drug-likeness (QED) is 0.789. The van der Waals surface area contributed by atoms with Crippen LogP contribution in [0.3, 0.4) is 0 Å². The lowest BCUT2D eigenvalue weighted by atomic mass is 9.55. The zero-order valence-corrected chi connectivity index (χ0v) is 12.9. The second kappa shape index (κ2) is 3.97. The van der Waals surface area contributed by atoms with Gasteiger partial charge >= 0.3 is 0 Å². The van der Waals surface area contributed by atoms with Crippen LogP contribution in [0.2, 0.25) is 0 Å². The Labute approximate surface area is 117 Å². The van der Waals surface area contributed by atoms with Crippen molar-refractivity contribution in [2.45, 2.75) is 47.0 Å². The molecule has 1 heteroatoms. The monoisotopic (exact) mass is 260 g/mol.